The Morgan fingerprint density at radius 1 is 1.56 bits per heavy atom. The van der Waals surface area contributed by atoms with E-state index in [1.807, 2.05) is 0 Å². The van der Waals surface area contributed by atoms with E-state index in [9.17, 15) is 4.79 Å². The Labute approximate surface area is 96.1 Å². The van der Waals surface area contributed by atoms with Crippen molar-refractivity contribution in [3.63, 3.8) is 0 Å². The minimum atomic E-state index is -0.655. The molecule has 2 N–H and O–H groups in total. The van der Waals surface area contributed by atoms with Gasteiger partial charge in [0.05, 0.1) is 23.8 Å². The van der Waals surface area contributed by atoms with Gasteiger partial charge >= 0.3 is 5.97 Å². The van der Waals surface area contributed by atoms with Crippen LogP contribution in [-0.2, 0) is 4.79 Å². The lowest BCUT2D eigenvalue weighted by Crippen LogP contribution is -2.41. The maximum absolute atomic E-state index is 10.9. The third kappa shape index (κ3) is 2.36. The van der Waals surface area contributed by atoms with E-state index in [0.29, 0.717) is 12.0 Å². The predicted octanol–water partition coefficient (Wildman–Crippen LogP) is 1.66. The normalized spacial score (nSPS) is 33.2. The average molecular weight is 224 g/mol. The molecule has 3 unspecified atom stereocenters. The summed E-state index contributed by atoms with van der Waals surface area (Å²) in [5.41, 5.74) is 0. The Hall–Kier alpha value is -1.06. The fourth-order valence-electron chi connectivity index (χ4n) is 2.64. The van der Waals surface area contributed by atoms with Crippen molar-refractivity contribution in [2.24, 2.45) is 16.8 Å². The number of fused-ring (bicyclic) bond motifs is 1. The first kappa shape index (κ1) is 11.4. The minimum Gasteiger partial charge on any atom is -0.481 e. The van der Waals surface area contributed by atoms with E-state index in [4.69, 9.17) is 5.11 Å². The monoisotopic (exact) mass is 224 g/mol. The first-order valence-electron chi connectivity index (χ1n) is 6.12. The Morgan fingerprint density at radius 3 is 2.94 bits per heavy atom. The van der Waals surface area contributed by atoms with Gasteiger partial charge in [-0.1, -0.05) is 13.8 Å². The third-order valence-electron chi connectivity index (χ3n) is 3.44. The second kappa shape index (κ2) is 4.44. The molecule has 16 heavy (non-hydrogen) atoms. The highest BCUT2D eigenvalue weighted by Gasteiger charge is 2.37. The molecule has 0 aromatic heterocycles. The Bertz CT molecular complexity index is 312. The van der Waals surface area contributed by atoms with Crippen LogP contribution in [0, 0.1) is 11.8 Å². The Balaban J connectivity index is 1.94. The molecule has 2 aliphatic rings. The topological polar surface area (TPSA) is 61.7 Å². The molecule has 1 aliphatic carbocycles. The van der Waals surface area contributed by atoms with Crippen molar-refractivity contribution in [3.05, 3.63) is 0 Å². The van der Waals surface area contributed by atoms with Gasteiger partial charge in [0.25, 0.3) is 0 Å². The molecule has 2 rings (SSSR count). The quantitative estimate of drug-likeness (QED) is 0.766. The molecule has 0 amide bonds. The van der Waals surface area contributed by atoms with E-state index in [-0.39, 0.29) is 12.0 Å². The van der Waals surface area contributed by atoms with Gasteiger partial charge in [0, 0.05) is 6.42 Å². The van der Waals surface area contributed by atoms with Gasteiger partial charge in [-0.3, -0.25) is 9.79 Å². The average Bonchev–Trinajstić information content (AvgIpc) is 2.56. The van der Waals surface area contributed by atoms with Crippen molar-refractivity contribution in [1.82, 2.24) is 5.32 Å². The van der Waals surface area contributed by atoms with Crippen molar-refractivity contribution in [1.29, 1.82) is 0 Å². The van der Waals surface area contributed by atoms with Gasteiger partial charge in [-0.25, -0.2) is 0 Å². The first-order valence-corrected chi connectivity index (χ1v) is 6.12. The van der Waals surface area contributed by atoms with Crippen LogP contribution in [0.15, 0.2) is 4.99 Å². The largest absolute Gasteiger partial charge is 0.481 e. The summed E-state index contributed by atoms with van der Waals surface area (Å²) >= 11 is 0. The molecule has 1 aliphatic heterocycles. The summed E-state index contributed by atoms with van der Waals surface area (Å²) in [4.78, 5) is 15.6. The molecule has 0 aromatic carbocycles. The molecule has 0 saturated heterocycles. The minimum absolute atomic E-state index is 0.178. The van der Waals surface area contributed by atoms with E-state index in [2.05, 4.69) is 24.2 Å². The summed E-state index contributed by atoms with van der Waals surface area (Å²) < 4.78 is 0. The van der Waals surface area contributed by atoms with E-state index in [0.717, 1.165) is 31.5 Å². The molecule has 1 saturated carbocycles. The zero-order valence-corrected chi connectivity index (χ0v) is 9.94. The van der Waals surface area contributed by atoms with Crippen LogP contribution in [0.25, 0.3) is 0 Å². The van der Waals surface area contributed by atoms with Gasteiger partial charge in [-0.15, -0.1) is 0 Å². The lowest BCUT2D eigenvalue weighted by Gasteiger charge is -2.28. The van der Waals surface area contributed by atoms with Crippen LogP contribution < -0.4 is 5.32 Å². The molecule has 4 heteroatoms. The Kier molecular flexibility index (Phi) is 3.17. The van der Waals surface area contributed by atoms with Crippen LogP contribution in [0.5, 0.6) is 0 Å². The number of amidine groups is 1. The second-order valence-electron chi connectivity index (χ2n) is 5.34. The van der Waals surface area contributed by atoms with Crippen molar-refractivity contribution in [2.75, 3.05) is 0 Å². The molecule has 0 bridgehead atoms. The maximum Gasteiger partial charge on any atom is 0.306 e. The number of nitrogens with one attached hydrogen (secondary N) is 1. The van der Waals surface area contributed by atoms with Crippen molar-refractivity contribution in [3.8, 4) is 0 Å². The summed E-state index contributed by atoms with van der Waals surface area (Å²) in [6, 6.07) is 0.591. The van der Waals surface area contributed by atoms with Crippen LogP contribution in [0.2, 0.25) is 0 Å². The molecule has 1 fully saturated rings. The number of carboxylic acid groups (broad SMARTS) is 1. The highest BCUT2D eigenvalue weighted by atomic mass is 16.4. The molecule has 4 nitrogen and oxygen atoms in total. The molecule has 3 atom stereocenters. The van der Waals surface area contributed by atoms with Crippen molar-refractivity contribution >= 4 is 11.8 Å². The second-order valence-corrected chi connectivity index (χ2v) is 5.34. The van der Waals surface area contributed by atoms with E-state index < -0.39 is 5.97 Å². The highest BCUT2D eigenvalue weighted by Crippen LogP contribution is 2.30. The molecule has 1 heterocycles. The van der Waals surface area contributed by atoms with Crippen LogP contribution >= 0.6 is 0 Å². The van der Waals surface area contributed by atoms with Crippen LogP contribution in [0.4, 0.5) is 0 Å². The fraction of sp³-hybridized carbons (Fsp3) is 0.833. The highest BCUT2D eigenvalue weighted by molar-refractivity contribution is 5.85. The molecule has 90 valence electrons. The van der Waals surface area contributed by atoms with E-state index in [1.54, 1.807) is 0 Å². The number of hydrogen-bond donors (Lipinski definition) is 2. The van der Waals surface area contributed by atoms with Crippen LogP contribution in [0.1, 0.15) is 39.5 Å². The van der Waals surface area contributed by atoms with Gasteiger partial charge < -0.3 is 10.4 Å². The zero-order chi connectivity index (χ0) is 11.7. The smallest absolute Gasteiger partial charge is 0.306 e. The number of carboxylic acids is 1. The third-order valence-corrected chi connectivity index (χ3v) is 3.44. The Morgan fingerprint density at radius 2 is 2.31 bits per heavy atom. The lowest BCUT2D eigenvalue weighted by molar-refractivity contribution is -0.143. The summed E-state index contributed by atoms with van der Waals surface area (Å²) in [7, 11) is 0. The number of hydrogen-bond acceptors (Lipinski definition) is 3. The molecule has 0 aromatic rings. The van der Waals surface area contributed by atoms with Gasteiger partial charge in [0.1, 0.15) is 0 Å². The summed E-state index contributed by atoms with van der Waals surface area (Å²) in [6.07, 6.45) is 3.39. The fourth-order valence-corrected chi connectivity index (χ4v) is 2.64. The lowest BCUT2D eigenvalue weighted by atomic mass is 9.83. The van der Waals surface area contributed by atoms with Crippen LogP contribution in [-0.4, -0.2) is 29.0 Å². The predicted molar refractivity (Wildman–Crippen MR) is 62.6 cm³/mol. The molecular formula is C12H20N2O2. The summed E-state index contributed by atoms with van der Waals surface area (Å²) in [6.45, 7) is 4.35. The van der Waals surface area contributed by atoms with E-state index >= 15 is 0 Å². The number of aliphatic carboxylic acids is 1. The van der Waals surface area contributed by atoms with E-state index in [1.165, 1.54) is 0 Å². The number of aliphatic imine (C=N–C) groups is 1. The van der Waals surface area contributed by atoms with Crippen LogP contribution in [0.3, 0.4) is 0 Å². The van der Waals surface area contributed by atoms with Gasteiger partial charge in [-0.05, 0) is 25.2 Å². The first-order chi connectivity index (χ1) is 7.56. The van der Waals surface area contributed by atoms with Gasteiger partial charge in [0.15, 0.2) is 0 Å². The van der Waals surface area contributed by atoms with Gasteiger partial charge in [-0.2, -0.15) is 0 Å². The number of nitrogens with zero attached hydrogens (tertiary/aromatic N) is 1. The maximum atomic E-state index is 10.9. The number of rotatable bonds is 3. The summed E-state index contributed by atoms with van der Waals surface area (Å²) in [5, 5.41) is 12.4. The zero-order valence-electron chi connectivity index (χ0n) is 9.94. The van der Waals surface area contributed by atoms with Crippen molar-refractivity contribution in [2.45, 2.75) is 51.6 Å². The summed E-state index contributed by atoms with van der Waals surface area (Å²) in [5.74, 6) is 0.845. The standard InChI is InChI=1S/C12H20N2O2/c1-7(2)5-11-13-9-4-3-8(12(15)16)6-10(9)14-11/h7-10H,3-6H2,1-2H3,(H,13,14)(H,15,16). The van der Waals surface area contributed by atoms with Gasteiger partial charge in [0.2, 0.25) is 0 Å². The SMILES string of the molecule is CC(C)CC1=NC2CCC(C(=O)O)CC2N1. The molecule has 0 spiro atoms. The molecular weight excluding hydrogens is 204 g/mol. The molecule has 0 radical (unpaired) electrons. The number of carbonyl (C=O) groups is 1. The van der Waals surface area contributed by atoms with Crippen molar-refractivity contribution < 1.29 is 9.90 Å².